The Balaban J connectivity index is 2.33. The van der Waals surface area contributed by atoms with Crippen LogP contribution in [0.1, 0.15) is 17.3 Å². The molecule has 0 saturated carbocycles. The van der Waals surface area contributed by atoms with Gasteiger partial charge in [-0.2, -0.15) is 0 Å². The van der Waals surface area contributed by atoms with E-state index in [1.807, 2.05) is 0 Å². The number of benzene rings is 1. The summed E-state index contributed by atoms with van der Waals surface area (Å²) in [6.07, 6.45) is -1.16. The van der Waals surface area contributed by atoms with Crippen LogP contribution in [0.2, 0.25) is 0 Å². The first-order chi connectivity index (χ1) is 6.68. The molecule has 0 bridgehead atoms. The van der Waals surface area contributed by atoms with E-state index >= 15 is 0 Å². The van der Waals surface area contributed by atoms with Gasteiger partial charge in [-0.15, -0.1) is 0 Å². The van der Waals surface area contributed by atoms with Crippen molar-refractivity contribution in [2.24, 2.45) is 0 Å². The van der Waals surface area contributed by atoms with Crippen LogP contribution in [0.3, 0.4) is 0 Å². The quantitative estimate of drug-likeness (QED) is 0.783. The van der Waals surface area contributed by atoms with Crippen LogP contribution in [0.15, 0.2) is 18.2 Å². The highest BCUT2D eigenvalue weighted by atomic mass is 19.1. The average Bonchev–Trinajstić information content (AvgIpc) is 2.62. The molecule has 0 spiro atoms. The van der Waals surface area contributed by atoms with E-state index in [4.69, 9.17) is 9.84 Å². The molecular formula is C10H9FO3. The van der Waals surface area contributed by atoms with Crippen LogP contribution in [0.25, 0.3) is 0 Å². The van der Waals surface area contributed by atoms with Crippen LogP contribution < -0.4 is 4.74 Å². The second kappa shape index (κ2) is 3.29. The number of alkyl halides is 1. The molecule has 0 fully saturated rings. The van der Waals surface area contributed by atoms with Crippen molar-refractivity contribution in [2.45, 2.75) is 12.6 Å². The Hall–Kier alpha value is -1.58. The lowest BCUT2D eigenvalue weighted by molar-refractivity contribution is -0.143. The molecule has 0 amide bonds. The topological polar surface area (TPSA) is 46.5 Å². The Bertz CT molecular complexity index is 376. The summed E-state index contributed by atoms with van der Waals surface area (Å²) in [6.45, 7) is 0.586. The summed E-state index contributed by atoms with van der Waals surface area (Å²) >= 11 is 0. The summed E-state index contributed by atoms with van der Waals surface area (Å²) in [5.41, 5.74) is 1.14. The third-order valence-electron chi connectivity index (χ3n) is 2.23. The molecule has 1 aromatic carbocycles. The first-order valence-electron chi connectivity index (χ1n) is 4.31. The van der Waals surface area contributed by atoms with E-state index in [0.717, 1.165) is 12.0 Å². The van der Waals surface area contributed by atoms with Gasteiger partial charge in [0.2, 0.25) is 6.17 Å². The molecule has 1 unspecified atom stereocenters. The highest BCUT2D eigenvalue weighted by Crippen LogP contribution is 2.29. The number of hydrogen-bond acceptors (Lipinski definition) is 2. The maximum absolute atomic E-state index is 13.1. The number of rotatable bonds is 2. The van der Waals surface area contributed by atoms with E-state index in [1.54, 1.807) is 6.07 Å². The van der Waals surface area contributed by atoms with Gasteiger partial charge in [0.25, 0.3) is 0 Å². The Morgan fingerprint density at radius 2 is 2.36 bits per heavy atom. The van der Waals surface area contributed by atoms with Crippen molar-refractivity contribution in [3.05, 3.63) is 29.3 Å². The van der Waals surface area contributed by atoms with E-state index in [1.165, 1.54) is 12.1 Å². The Morgan fingerprint density at radius 1 is 1.57 bits per heavy atom. The first kappa shape index (κ1) is 8.99. The zero-order valence-electron chi connectivity index (χ0n) is 7.37. The van der Waals surface area contributed by atoms with Gasteiger partial charge < -0.3 is 9.84 Å². The standard InChI is InChI=1S/C10H9FO3/c11-9(10(12)13)7-2-1-6-3-4-14-8(6)5-7/h1-2,5,9H,3-4H2,(H,12,13). The monoisotopic (exact) mass is 196 g/mol. The Kier molecular flexibility index (Phi) is 2.11. The van der Waals surface area contributed by atoms with Gasteiger partial charge >= 0.3 is 5.97 Å². The minimum Gasteiger partial charge on any atom is -0.493 e. The van der Waals surface area contributed by atoms with Crippen molar-refractivity contribution in [3.63, 3.8) is 0 Å². The van der Waals surface area contributed by atoms with Crippen molar-refractivity contribution in [2.75, 3.05) is 6.61 Å². The fraction of sp³-hybridized carbons (Fsp3) is 0.300. The molecule has 4 heteroatoms. The number of carbonyl (C=O) groups is 1. The molecule has 0 radical (unpaired) electrons. The summed E-state index contributed by atoms with van der Waals surface area (Å²) in [7, 11) is 0. The molecule has 2 rings (SSSR count). The van der Waals surface area contributed by atoms with Crippen molar-refractivity contribution < 1.29 is 19.0 Å². The first-order valence-corrected chi connectivity index (χ1v) is 4.31. The van der Waals surface area contributed by atoms with Crippen molar-refractivity contribution >= 4 is 5.97 Å². The number of carboxylic acids is 1. The van der Waals surface area contributed by atoms with Gasteiger partial charge in [0, 0.05) is 12.0 Å². The fourth-order valence-electron chi connectivity index (χ4n) is 1.48. The minimum absolute atomic E-state index is 0.137. The summed E-state index contributed by atoms with van der Waals surface area (Å²) in [5, 5.41) is 8.47. The molecule has 1 N–H and O–H groups in total. The van der Waals surface area contributed by atoms with Gasteiger partial charge in [-0.1, -0.05) is 12.1 Å². The van der Waals surface area contributed by atoms with Crippen molar-refractivity contribution in [1.29, 1.82) is 0 Å². The van der Waals surface area contributed by atoms with Crippen LogP contribution in [0.5, 0.6) is 5.75 Å². The van der Waals surface area contributed by atoms with E-state index in [2.05, 4.69) is 0 Å². The van der Waals surface area contributed by atoms with Gasteiger partial charge in [-0.3, -0.25) is 0 Å². The van der Waals surface area contributed by atoms with Crippen LogP contribution >= 0.6 is 0 Å². The Labute approximate surface area is 80.1 Å². The zero-order valence-corrected chi connectivity index (χ0v) is 7.37. The van der Waals surface area contributed by atoms with Crippen LogP contribution in [-0.4, -0.2) is 17.7 Å². The second-order valence-electron chi connectivity index (χ2n) is 3.17. The predicted molar refractivity (Wildman–Crippen MR) is 47.1 cm³/mol. The molecule has 74 valence electrons. The molecule has 3 nitrogen and oxygen atoms in total. The molecule has 1 aromatic rings. The molecule has 1 atom stereocenters. The molecule has 1 aliphatic heterocycles. The van der Waals surface area contributed by atoms with Gasteiger partial charge in [0.05, 0.1) is 6.61 Å². The summed E-state index contributed by atoms with van der Waals surface area (Å²) in [6, 6.07) is 4.67. The molecule has 0 aliphatic carbocycles. The number of carboxylic acid groups (broad SMARTS) is 1. The smallest absolute Gasteiger partial charge is 0.343 e. The van der Waals surface area contributed by atoms with Gasteiger partial charge in [-0.25, -0.2) is 9.18 Å². The lowest BCUT2D eigenvalue weighted by Gasteiger charge is -2.05. The van der Waals surface area contributed by atoms with Gasteiger partial charge in [0.1, 0.15) is 5.75 Å². The second-order valence-corrected chi connectivity index (χ2v) is 3.17. The van der Waals surface area contributed by atoms with E-state index in [0.29, 0.717) is 12.4 Å². The maximum Gasteiger partial charge on any atom is 0.343 e. The molecular weight excluding hydrogens is 187 g/mol. The summed E-state index contributed by atoms with van der Waals surface area (Å²) in [4.78, 5) is 10.4. The predicted octanol–water partition coefficient (Wildman–Crippen LogP) is 1.72. The highest BCUT2D eigenvalue weighted by Gasteiger charge is 2.21. The number of hydrogen-bond donors (Lipinski definition) is 1. The van der Waals surface area contributed by atoms with Crippen LogP contribution in [-0.2, 0) is 11.2 Å². The molecule has 0 aromatic heterocycles. The third kappa shape index (κ3) is 1.43. The maximum atomic E-state index is 13.1. The van der Waals surface area contributed by atoms with E-state index in [9.17, 15) is 9.18 Å². The summed E-state index contributed by atoms with van der Waals surface area (Å²) < 4.78 is 18.3. The van der Waals surface area contributed by atoms with Crippen molar-refractivity contribution in [1.82, 2.24) is 0 Å². The third-order valence-corrected chi connectivity index (χ3v) is 2.23. The molecule has 0 saturated heterocycles. The molecule has 1 aliphatic rings. The summed E-state index contributed by atoms with van der Waals surface area (Å²) in [5.74, 6) is -0.866. The van der Waals surface area contributed by atoms with Crippen LogP contribution in [0, 0.1) is 0 Å². The van der Waals surface area contributed by atoms with Gasteiger partial charge in [-0.05, 0) is 11.6 Å². The van der Waals surface area contributed by atoms with Crippen LogP contribution in [0.4, 0.5) is 4.39 Å². The lowest BCUT2D eigenvalue weighted by atomic mass is 10.1. The number of aliphatic carboxylic acids is 1. The Morgan fingerprint density at radius 3 is 3.07 bits per heavy atom. The highest BCUT2D eigenvalue weighted by molar-refractivity contribution is 5.74. The minimum atomic E-state index is -1.97. The zero-order chi connectivity index (χ0) is 10.1. The SMILES string of the molecule is O=C(O)C(F)c1ccc2c(c1)OCC2. The average molecular weight is 196 g/mol. The number of fused-ring (bicyclic) bond motifs is 1. The number of halogens is 1. The largest absolute Gasteiger partial charge is 0.493 e. The van der Waals surface area contributed by atoms with E-state index in [-0.39, 0.29) is 5.56 Å². The molecule has 1 heterocycles. The normalized spacial score (nSPS) is 15.8. The lowest BCUT2D eigenvalue weighted by Crippen LogP contribution is -2.05. The fourth-order valence-corrected chi connectivity index (χ4v) is 1.48. The molecule has 14 heavy (non-hydrogen) atoms. The van der Waals surface area contributed by atoms with E-state index < -0.39 is 12.1 Å². The number of ether oxygens (including phenoxy) is 1. The van der Waals surface area contributed by atoms with Crippen molar-refractivity contribution in [3.8, 4) is 5.75 Å². The van der Waals surface area contributed by atoms with Gasteiger partial charge in [0.15, 0.2) is 0 Å².